The van der Waals surface area contributed by atoms with Crippen LogP contribution in [0.4, 0.5) is 0 Å². The number of aromatic nitrogens is 1. The Morgan fingerprint density at radius 1 is 1.00 bits per heavy atom. The third kappa shape index (κ3) is 4.00. The van der Waals surface area contributed by atoms with Gasteiger partial charge in [0.05, 0.1) is 16.8 Å². The molecule has 0 fully saturated rings. The van der Waals surface area contributed by atoms with Gasteiger partial charge in [0.2, 0.25) is 0 Å². The standard InChI is InChI=1S/C25H20ClN3O3/c1-15-12-18(16(2)29(15)19-10-11-23(26)22(13-19)25(31)32)14-27-28-24(30)21-9-5-7-17-6-3-4-8-20(17)21/h3-14H,1-2H3,(H,28,30)(H,31,32)/b27-14+. The number of carboxylic acid groups (broad SMARTS) is 1. The van der Waals surface area contributed by atoms with Gasteiger partial charge in [-0.1, -0.05) is 48.0 Å². The minimum Gasteiger partial charge on any atom is -0.478 e. The van der Waals surface area contributed by atoms with Gasteiger partial charge < -0.3 is 9.67 Å². The molecule has 0 radical (unpaired) electrons. The molecule has 3 aromatic carbocycles. The lowest BCUT2D eigenvalue weighted by Gasteiger charge is -2.11. The van der Waals surface area contributed by atoms with Crippen LogP contribution in [0.5, 0.6) is 0 Å². The first kappa shape index (κ1) is 21.3. The molecule has 0 aliphatic rings. The number of aromatic carboxylic acids is 1. The summed E-state index contributed by atoms with van der Waals surface area (Å²) in [5.41, 5.74) is 6.40. The summed E-state index contributed by atoms with van der Waals surface area (Å²) in [7, 11) is 0. The van der Waals surface area contributed by atoms with E-state index in [1.165, 1.54) is 6.07 Å². The highest BCUT2D eigenvalue weighted by Gasteiger charge is 2.14. The summed E-state index contributed by atoms with van der Waals surface area (Å²) >= 11 is 6.00. The Hall–Kier alpha value is -3.90. The molecular formula is C25H20ClN3O3. The van der Waals surface area contributed by atoms with Crippen LogP contribution in [0.1, 0.15) is 37.7 Å². The first-order chi connectivity index (χ1) is 15.4. The molecular weight excluding hydrogens is 426 g/mol. The molecule has 0 atom stereocenters. The van der Waals surface area contributed by atoms with Crippen LogP contribution in [0.3, 0.4) is 0 Å². The van der Waals surface area contributed by atoms with E-state index in [2.05, 4.69) is 10.5 Å². The summed E-state index contributed by atoms with van der Waals surface area (Å²) in [5, 5.41) is 15.5. The number of halogens is 1. The monoisotopic (exact) mass is 445 g/mol. The highest BCUT2D eigenvalue weighted by molar-refractivity contribution is 6.33. The molecule has 1 aromatic heterocycles. The summed E-state index contributed by atoms with van der Waals surface area (Å²) in [6.45, 7) is 3.81. The molecule has 0 aliphatic carbocycles. The van der Waals surface area contributed by atoms with Crippen LogP contribution in [-0.2, 0) is 0 Å². The van der Waals surface area contributed by atoms with E-state index in [1.807, 2.05) is 60.9 Å². The van der Waals surface area contributed by atoms with Crippen molar-refractivity contribution in [2.75, 3.05) is 0 Å². The quantitative estimate of drug-likeness (QED) is 0.320. The van der Waals surface area contributed by atoms with Gasteiger partial charge in [-0.3, -0.25) is 4.79 Å². The maximum Gasteiger partial charge on any atom is 0.337 e. The van der Waals surface area contributed by atoms with E-state index in [-0.39, 0.29) is 16.5 Å². The van der Waals surface area contributed by atoms with Crippen molar-refractivity contribution in [2.45, 2.75) is 13.8 Å². The Morgan fingerprint density at radius 2 is 1.75 bits per heavy atom. The average molecular weight is 446 g/mol. The molecule has 4 aromatic rings. The number of hydrazone groups is 1. The van der Waals surface area contributed by atoms with Gasteiger partial charge in [-0.25, -0.2) is 10.2 Å². The van der Waals surface area contributed by atoms with Crippen LogP contribution in [-0.4, -0.2) is 27.8 Å². The van der Waals surface area contributed by atoms with Crippen molar-refractivity contribution in [1.29, 1.82) is 0 Å². The first-order valence-corrected chi connectivity index (χ1v) is 10.3. The molecule has 0 unspecified atom stereocenters. The lowest BCUT2D eigenvalue weighted by atomic mass is 10.0. The second kappa shape index (κ2) is 8.69. The van der Waals surface area contributed by atoms with Gasteiger partial charge >= 0.3 is 5.97 Å². The average Bonchev–Trinajstić information content (AvgIpc) is 3.06. The molecule has 0 bridgehead atoms. The molecule has 1 heterocycles. The SMILES string of the molecule is Cc1cc(/C=N/NC(=O)c2cccc3ccccc23)c(C)n1-c1ccc(Cl)c(C(=O)O)c1. The van der Waals surface area contributed by atoms with Crippen LogP contribution in [0.2, 0.25) is 5.02 Å². The number of amides is 1. The molecule has 0 saturated carbocycles. The third-order valence-electron chi connectivity index (χ3n) is 5.31. The predicted octanol–water partition coefficient (Wildman–Crippen LogP) is 5.36. The number of nitrogens with zero attached hydrogens (tertiary/aromatic N) is 2. The van der Waals surface area contributed by atoms with E-state index in [1.54, 1.807) is 24.4 Å². The van der Waals surface area contributed by atoms with Crippen molar-refractivity contribution in [3.8, 4) is 5.69 Å². The van der Waals surface area contributed by atoms with Gasteiger partial charge in [0.25, 0.3) is 5.91 Å². The van der Waals surface area contributed by atoms with Crippen molar-refractivity contribution in [1.82, 2.24) is 9.99 Å². The fraction of sp³-hybridized carbons (Fsp3) is 0.0800. The van der Waals surface area contributed by atoms with Crippen LogP contribution in [0, 0.1) is 13.8 Å². The van der Waals surface area contributed by atoms with Crippen LogP contribution >= 0.6 is 11.6 Å². The lowest BCUT2D eigenvalue weighted by Crippen LogP contribution is -2.18. The van der Waals surface area contributed by atoms with Gasteiger partial charge in [0, 0.05) is 28.2 Å². The number of hydrogen-bond acceptors (Lipinski definition) is 3. The molecule has 0 spiro atoms. The molecule has 6 nitrogen and oxygen atoms in total. The molecule has 0 saturated heterocycles. The fourth-order valence-electron chi connectivity index (χ4n) is 3.78. The fourth-order valence-corrected chi connectivity index (χ4v) is 3.97. The highest BCUT2D eigenvalue weighted by Crippen LogP contribution is 2.24. The summed E-state index contributed by atoms with van der Waals surface area (Å²) in [6.07, 6.45) is 1.58. The molecule has 2 N–H and O–H groups in total. The summed E-state index contributed by atoms with van der Waals surface area (Å²) in [6, 6.07) is 20.0. The minimum absolute atomic E-state index is 0.0363. The van der Waals surface area contributed by atoms with Crippen molar-refractivity contribution in [3.05, 3.63) is 99.8 Å². The van der Waals surface area contributed by atoms with Crippen molar-refractivity contribution in [3.63, 3.8) is 0 Å². The Labute approximate surface area is 189 Å². The zero-order valence-electron chi connectivity index (χ0n) is 17.5. The molecule has 0 aliphatic heterocycles. The minimum atomic E-state index is -1.09. The second-order valence-electron chi connectivity index (χ2n) is 7.36. The van der Waals surface area contributed by atoms with Gasteiger partial charge in [-0.2, -0.15) is 5.10 Å². The number of fused-ring (bicyclic) bond motifs is 1. The predicted molar refractivity (Wildman–Crippen MR) is 126 cm³/mol. The Kier molecular flexibility index (Phi) is 5.79. The van der Waals surface area contributed by atoms with E-state index in [9.17, 15) is 14.7 Å². The molecule has 160 valence electrons. The zero-order chi connectivity index (χ0) is 22.8. The van der Waals surface area contributed by atoms with E-state index in [0.717, 1.165) is 27.7 Å². The van der Waals surface area contributed by atoms with E-state index >= 15 is 0 Å². The highest BCUT2D eigenvalue weighted by atomic mass is 35.5. The van der Waals surface area contributed by atoms with Crippen molar-refractivity contribution < 1.29 is 14.7 Å². The maximum atomic E-state index is 12.7. The summed E-state index contributed by atoms with van der Waals surface area (Å²) in [4.78, 5) is 24.1. The maximum absolute atomic E-state index is 12.7. The van der Waals surface area contributed by atoms with E-state index in [4.69, 9.17) is 11.6 Å². The van der Waals surface area contributed by atoms with E-state index < -0.39 is 5.97 Å². The number of hydrogen-bond donors (Lipinski definition) is 2. The van der Waals surface area contributed by atoms with Crippen molar-refractivity contribution >= 4 is 40.5 Å². The number of carboxylic acids is 1. The smallest absolute Gasteiger partial charge is 0.337 e. The topological polar surface area (TPSA) is 83.7 Å². The van der Waals surface area contributed by atoms with Crippen LogP contribution in [0.25, 0.3) is 16.5 Å². The Morgan fingerprint density at radius 3 is 2.53 bits per heavy atom. The number of nitrogens with one attached hydrogen (secondary N) is 1. The van der Waals surface area contributed by atoms with Crippen LogP contribution in [0.15, 0.2) is 71.8 Å². The summed E-state index contributed by atoms with van der Waals surface area (Å²) < 4.78 is 1.91. The second-order valence-corrected chi connectivity index (χ2v) is 7.76. The number of benzene rings is 3. The molecule has 7 heteroatoms. The summed E-state index contributed by atoms with van der Waals surface area (Å²) in [5.74, 6) is -1.38. The number of carbonyl (C=O) groups is 2. The van der Waals surface area contributed by atoms with Crippen LogP contribution < -0.4 is 5.43 Å². The lowest BCUT2D eigenvalue weighted by molar-refractivity contribution is 0.0696. The number of aryl methyl sites for hydroxylation is 1. The van der Waals surface area contributed by atoms with E-state index in [0.29, 0.717) is 11.3 Å². The number of rotatable bonds is 5. The Balaban J connectivity index is 1.59. The molecule has 32 heavy (non-hydrogen) atoms. The van der Waals surface area contributed by atoms with Gasteiger partial charge in [-0.15, -0.1) is 0 Å². The Bertz CT molecular complexity index is 1380. The normalized spacial score (nSPS) is 11.2. The number of carbonyl (C=O) groups excluding carboxylic acids is 1. The van der Waals surface area contributed by atoms with Gasteiger partial charge in [-0.05, 0) is 55.0 Å². The molecule has 4 rings (SSSR count). The third-order valence-corrected chi connectivity index (χ3v) is 5.64. The largest absolute Gasteiger partial charge is 0.478 e. The van der Waals surface area contributed by atoms with Gasteiger partial charge in [0.1, 0.15) is 0 Å². The zero-order valence-corrected chi connectivity index (χ0v) is 18.2. The van der Waals surface area contributed by atoms with Gasteiger partial charge in [0.15, 0.2) is 0 Å². The molecule has 1 amide bonds. The first-order valence-electron chi connectivity index (χ1n) is 9.90. The van der Waals surface area contributed by atoms with Crippen molar-refractivity contribution in [2.24, 2.45) is 5.10 Å².